The summed E-state index contributed by atoms with van der Waals surface area (Å²) < 4.78 is 28.6. The lowest BCUT2D eigenvalue weighted by molar-refractivity contribution is -0.384. The number of amides is 1. The molecule has 27 heavy (non-hydrogen) atoms. The highest BCUT2D eigenvalue weighted by Gasteiger charge is 2.12. The first-order chi connectivity index (χ1) is 12.7. The number of alkyl halides is 2. The first-order valence-corrected chi connectivity index (χ1v) is 8.02. The Balaban J connectivity index is 1.89. The number of likely N-dealkylation sites (N-methyl/N-ethyl adjacent to an activating group) is 1. The number of nitro benzene ring substituents is 1. The number of non-ortho nitro benzene ring substituents is 1. The summed E-state index contributed by atoms with van der Waals surface area (Å²) in [4.78, 5) is 24.2. The second kappa shape index (κ2) is 9.04. The van der Waals surface area contributed by atoms with E-state index in [-0.39, 0.29) is 23.9 Å². The van der Waals surface area contributed by atoms with Gasteiger partial charge in [0, 0.05) is 24.4 Å². The molecule has 0 heterocycles. The summed E-state index contributed by atoms with van der Waals surface area (Å²) in [5.74, 6) is -0.199. The number of benzene rings is 2. The van der Waals surface area contributed by atoms with Crippen LogP contribution in [-0.4, -0.2) is 35.9 Å². The van der Waals surface area contributed by atoms with E-state index >= 15 is 0 Å². The third kappa shape index (κ3) is 6.30. The van der Waals surface area contributed by atoms with Crippen LogP contribution in [0.4, 0.5) is 20.2 Å². The van der Waals surface area contributed by atoms with Gasteiger partial charge in [-0.2, -0.15) is 8.78 Å². The highest BCUT2D eigenvalue weighted by Crippen LogP contribution is 2.21. The van der Waals surface area contributed by atoms with E-state index in [1.165, 1.54) is 30.3 Å². The maximum absolute atomic E-state index is 12.2. The van der Waals surface area contributed by atoms with Crippen LogP contribution in [0.5, 0.6) is 5.75 Å². The molecule has 2 aromatic carbocycles. The van der Waals surface area contributed by atoms with Crippen LogP contribution in [0.15, 0.2) is 42.5 Å². The van der Waals surface area contributed by atoms with Crippen molar-refractivity contribution in [3.05, 3.63) is 63.7 Å². The summed E-state index contributed by atoms with van der Waals surface area (Å²) in [6.07, 6.45) is 0. The zero-order valence-corrected chi connectivity index (χ0v) is 14.8. The number of rotatable bonds is 8. The number of nitrogens with zero attached hydrogens (tertiary/aromatic N) is 2. The molecule has 0 atom stereocenters. The quantitative estimate of drug-likeness (QED) is 0.560. The molecule has 0 spiro atoms. The van der Waals surface area contributed by atoms with Gasteiger partial charge in [0.1, 0.15) is 5.75 Å². The first kappa shape index (κ1) is 20.2. The molecule has 1 amide bonds. The third-order valence-corrected chi connectivity index (χ3v) is 3.71. The van der Waals surface area contributed by atoms with Crippen molar-refractivity contribution in [3.8, 4) is 5.75 Å². The smallest absolute Gasteiger partial charge is 0.387 e. The minimum atomic E-state index is -2.87. The number of nitrogens with one attached hydrogen (secondary N) is 1. The molecule has 0 saturated heterocycles. The number of halogens is 2. The van der Waals surface area contributed by atoms with Gasteiger partial charge in [0.2, 0.25) is 5.91 Å². The highest BCUT2D eigenvalue weighted by molar-refractivity contribution is 5.93. The maximum atomic E-state index is 12.2. The zero-order chi connectivity index (χ0) is 20.0. The first-order valence-electron chi connectivity index (χ1n) is 8.02. The van der Waals surface area contributed by atoms with Crippen molar-refractivity contribution >= 4 is 17.3 Å². The summed E-state index contributed by atoms with van der Waals surface area (Å²) in [5.41, 5.74) is 1.89. The van der Waals surface area contributed by atoms with Crippen LogP contribution in [0.1, 0.15) is 11.1 Å². The maximum Gasteiger partial charge on any atom is 0.387 e. The van der Waals surface area contributed by atoms with E-state index in [0.29, 0.717) is 17.8 Å². The molecule has 2 aromatic rings. The molecule has 0 bridgehead atoms. The van der Waals surface area contributed by atoms with E-state index in [1.54, 1.807) is 31.0 Å². The van der Waals surface area contributed by atoms with Gasteiger partial charge in [0.15, 0.2) is 0 Å². The number of carbonyl (C=O) groups is 1. The van der Waals surface area contributed by atoms with Gasteiger partial charge in [0.05, 0.1) is 11.5 Å². The molecule has 2 rings (SSSR count). The molecule has 0 fully saturated rings. The van der Waals surface area contributed by atoms with E-state index in [0.717, 1.165) is 5.56 Å². The van der Waals surface area contributed by atoms with Gasteiger partial charge in [-0.15, -0.1) is 0 Å². The Bertz CT molecular complexity index is 813. The van der Waals surface area contributed by atoms with Crippen LogP contribution in [-0.2, 0) is 11.3 Å². The van der Waals surface area contributed by atoms with Gasteiger partial charge in [-0.05, 0) is 43.3 Å². The van der Waals surface area contributed by atoms with Crippen LogP contribution < -0.4 is 10.1 Å². The molecule has 1 N–H and O–H groups in total. The van der Waals surface area contributed by atoms with Crippen molar-refractivity contribution in [2.24, 2.45) is 0 Å². The summed E-state index contributed by atoms with van der Waals surface area (Å²) in [6.45, 7) is -0.673. The molecule has 0 radical (unpaired) electrons. The Morgan fingerprint density at radius 1 is 1.26 bits per heavy atom. The molecular weight excluding hydrogens is 360 g/mol. The van der Waals surface area contributed by atoms with E-state index in [4.69, 9.17) is 0 Å². The Hall–Kier alpha value is -3.07. The molecule has 144 valence electrons. The van der Waals surface area contributed by atoms with Crippen molar-refractivity contribution in [2.45, 2.75) is 20.1 Å². The van der Waals surface area contributed by atoms with Gasteiger partial charge in [0.25, 0.3) is 5.69 Å². The summed E-state index contributed by atoms with van der Waals surface area (Å²) in [5, 5.41) is 13.5. The molecule has 0 aliphatic rings. The van der Waals surface area contributed by atoms with E-state index < -0.39 is 11.5 Å². The number of carbonyl (C=O) groups excluding carboxylic acids is 1. The van der Waals surface area contributed by atoms with Crippen LogP contribution in [0.2, 0.25) is 0 Å². The average molecular weight is 379 g/mol. The molecule has 9 heteroatoms. The Labute approximate surface area is 154 Å². The van der Waals surface area contributed by atoms with Gasteiger partial charge in [-0.3, -0.25) is 19.8 Å². The molecule has 0 saturated carbocycles. The fourth-order valence-corrected chi connectivity index (χ4v) is 2.48. The van der Waals surface area contributed by atoms with Gasteiger partial charge >= 0.3 is 6.61 Å². The van der Waals surface area contributed by atoms with Crippen molar-refractivity contribution in [1.82, 2.24) is 4.90 Å². The molecular formula is C18H19F2N3O4. The number of hydrogen-bond donors (Lipinski definition) is 1. The number of nitro groups is 1. The van der Waals surface area contributed by atoms with Crippen molar-refractivity contribution < 1.29 is 23.2 Å². The Morgan fingerprint density at radius 3 is 2.48 bits per heavy atom. The monoisotopic (exact) mass is 379 g/mol. The largest absolute Gasteiger partial charge is 0.435 e. The second-order valence-corrected chi connectivity index (χ2v) is 6.00. The number of anilines is 1. The summed E-state index contributed by atoms with van der Waals surface area (Å²) in [7, 11) is 1.74. The molecule has 0 aliphatic heterocycles. The summed E-state index contributed by atoms with van der Waals surface area (Å²) >= 11 is 0. The minimum absolute atomic E-state index is 0.0399. The molecule has 0 aromatic heterocycles. The van der Waals surface area contributed by atoms with Gasteiger partial charge in [-0.25, -0.2) is 0 Å². The number of aryl methyl sites for hydroxylation is 1. The van der Waals surface area contributed by atoms with E-state index in [1.807, 2.05) is 0 Å². The second-order valence-electron chi connectivity index (χ2n) is 6.00. The minimum Gasteiger partial charge on any atom is -0.435 e. The van der Waals surface area contributed by atoms with Crippen molar-refractivity contribution in [2.75, 3.05) is 18.9 Å². The fourth-order valence-electron chi connectivity index (χ4n) is 2.48. The molecule has 0 aliphatic carbocycles. The predicted octanol–water partition coefficient (Wildman–Crippen LogP) is 3.58. The van der Waals surface area contributed by atoms with Crippen molar-refractivity contribution in [1.29, 1.82) is 0 Å². The fraction of sp³-hybridized carbons (Fsp3) is 0.278. The zero-order valence-electron chi connectivity index (χ0n) is 14.8. The lowest BCUT2D eigenvalue weighted by Gasteiger charge is -2.17. The Kier molecular flexibility index (Phi) is 6.78. The molecule has 0 unspecified atom stereocenters. The van der Waals surface area contributed by atoms with Crippen LogP contribution in [0, 0.1) is 17.0 Å². The molecule has 7 nitrogen and oxygen atoms in total. The predicted molar refractivity (Wildman–Crippen MR) is 95.9 cm³/mol. The van der Waals surface area contributed by atoms with E-state index in [2.05, 4.69) is 10.1 Å². The van der Waals surface area contributed by atoms with E-state index in [9.17, 15) is 23.7 Å². The third-order valence-electron chi connectivity index (χ3n) is 3.71. The lowest BCUT2D eigenvalue weighted by atomic mass is 10.1. The van der Waals surface area contributed by atoms with Gasteiger partial charge < -0.3 is 10.1 Å². The standard InChI is InChI=1S/C18H19F2N3O4/c1-12-9-14(23(25)26)5-8-16(12)21-17(24)11-22(2)10-13-3-6-15(7-4-13)27-18(19)20/h3-9,18H,10-11H2,1-2H3,(H,21,24). The van der Waals surface area contributed by atoms with Crippen molar-refractivity contribution in [3.63, 3.8) is 0 Å². The topological polar surface area (TPSA) is 84.7 Å². The normalized spacial score (nSPS) is 10.9. The number of ether oxygens (including phenoxy) is 1. The Morgan fingerprint density at radius 2 is 1.93 bits per heavy atom. The number of hydrogen-bond acceptors (Lipinski definition) is 5. The lowest BCUT2D eigenvalue weighted by Crippen LogP contribution is -2.30. The van der Waals surface area contributed by atoms with Crippen LogP contribution >= 0.6 is 0 Å². The van der Waals surface area contributed by atoms with Crippen LogP contribution in [0.3, 0.4) is 0 Å². The average Bonchev–Trinajstić information content (AvgIpc) is 2.57. The summed E-state index contributed by atoms with van der Waals surface area (Å²) in [6, 6.07) is 10.4. The highest BCUT2D eigenvalue weighted by atomic mass is 19.3. The SMILES string of the molecule is Cc1cc([N+](=O)[O-])ccc1NC(=O)CN(C)Cc1ccc(OC(F)F)cc1. The van der Waals surface area contributed by atoms with Crippen LogP contribution in [0.25, 0.3) is 0 Å². The van der Waals surface area contributed by atoms with Gasteiger partial charge in [-0.1, -0.05) is 12.1 Å².